The number of aromatic nitrogens is 2. The number of benzene rings is 1. The van der Waals surface area contributed by atoms with Gasteiger partial charge in [-0.15, -0.1) is 0 Å². The first kappa shape index (κ1) is 26.4. The fourth-order valence-electron chi connectivity index (χ4n) is 3.05. The third-order valence-electron chi connectivity index (χ3n) is 4.87. The topological polar surface area (TPSA) is 141 Å². The lowest BCUT2D eigenvalue weighted by Crippen LogP contribution is -2.27. The molecule has 0 bridgehead atoms. The number of aromatic hydroxyl groups is 1. The number of phenols is 1. The fraction of sp³-hybridized carbons (Fsp3) is 0.409. The molecule has 0 amide bonds. The molecule has 2 aromatic rings. The molecular weight excluding hydrogens is 453 g/mol. The summed E-state index contributed by atoms with van der Waals surface area (Å²) >= 11 is 0. The van der Waals surface area contributed by atoms with Crippen molar-refractivity contribution in [1.29, 1.82) is 0 Å². The van der Waals surface area contributed by atoms with E-state index in [1.165, 1.54) is 25.3 Å². The quantitative estimate of drug-likeness (QED) is 0.439. The zero-order valence-electron chi connectivity index (χ0n) is 18.8. The molecule has 0 aliphatic heterocycles. The number of aliphatic hydroxyl groups excluding tert-OH is 2. The first-order chi connectivity index (χ1) is 15.3. The van der Waals surface area contributed by atoms with Crippen molar-refractivity contribution in [2.45, 2.75) is 44.8 Å². The van der Waals surface area contributed by atoms with Crippen molar-refractivity contribution in [2.24, 2.45) is 0 Å². The number of halogens is 1. The predicted molar refractivity (Wildman–Crippen MR) is 123 cm³/mol. The van der Waals surface area contributed by atoms with Crippen LogP contribution in [-0.2, 0) is 14.8 Å². The molecular formula is C22H28FN3O6S. The second-order valence-electron chi connectivity index (χ2n) is 7.94. The molecule has 0 aliphatic carbocycles. The van der Waals surface area contributed by atoms with Gasteiger partial charge in [-0.05, 0) is 18.1 Å². The van der Waals surface area contributed by atoms with Gasteiger partial charge >= 0.3 is 0 Å². The van der Waals surface area contributed by atoms with Gasteiger partial charge in [0.1, 0.15) is 17.9 Å². The van der Waals surface area contributed by atoms with Crippen molar-refractivity contribution in [3.63, 3.8) is 0 Å². The zero-order chi connectivity index (χ0) is 24.9. The van der Waals surface area contributed by atoms with Gasteiger partial charge in [0, 0.05) is 37.1 Å². The molecule has 1 heterocycles. The summed E-state index contributed by atoms with van der Waals surface area (Å²) in [7, 11) is -2.41. The largest absolute Gasteiger partial charge is 0.507 e. The van der Waals surface area contributed by atoms with E-state index in [4.69, 9.17) is 0 Å². The first-order valence-corrected chi connectivity index (χ1v) is 12.0. The van der Waals surface area contributed by atoms with Crippen LogP contribution in [0.25, 0.3) is 17.3 Å². The van der Waals surface area contributed by atoms with Crippen molar-refractivity contribution < 1.29 is 32.9 Å². The van der Waals surface area contributed by atoms with Crippen LogP contribution in [-0.4, -0.2) is 65.5 Å². The van der Waals surface area contributed by atoms with Crippen LogP contribution < -0.4 is 4.31 Å². The second kappa shape index (κ2) is 10.8. The van der Waals surface area contributed by atoms with Gasteiger partial charge in [-0.25, -0.2) is 27.1 Å². The molecule has 1 aromatic heterocycles. The summed E-state index contributed by atoms with van der Waals surface area (Å²) in [6.45, 7) is 3.64. The van der Waals surface area contributed by atoms with E-state index < -0.39 is 33.8 Å². The van der Waals surface area contributed by atoms with Gasteiger partial charge in [0.05, 0.1) is 29.9 Å². The predicted octanol–water partition coefficient (Wildman–Crippen LogP) is 2.22. The van der Waals surface area contributed by atoms with Crippen LogP contribution in [0, 0.1) is 5.82 Å². The van der Waals surface area contributed by atoms with Gasteiger partial charge in [-0.1, -0.05) is 26.0 Å². The number of nitrogens with zero attached hydrogens (tertiary/aromatic N) is 3. The Morgan fingerprint density at radius 2 is 1.88 bits per heavy atom. The highest BCUT2D eigenvalue weighted by molar-refractivity contribution is 7.92. The van der Waals surface area contributed by atoms with Crippen LogP contribution in [0.3, 0.4) is 0 Å². The summed E-state index contributed by atoms with van der Waals surface area (Å²) in [5.41, 5.74) is 1.07. The van der Waals surface area contributed by atoms with Gasteiger partial charge in [-0.3, -0.25) is 0 Å². The summed E-state index contributed by atoms with van der Waals surface area (Å²) in [6, 6.07) is 3.35. The van der Waals surface area contributed by atoms with Crippen LogP contribution in [0.15, 0.2) is 24.3 Å². The number of aldehydes is 1. The number of sulfonamides is 1. The number of hydrogen-bond acceptors (Lipinski definition) is 8. The average molecular weight is 482 g/mol. The smallest absolute Gasteiger partial charge is 0.239 e. The van der Waals surface area contributed by atoms with E-state index in [-0.39, 0.29) is 36.0 Å². The molecule has 1 aromatic carbocycles. The highest BCUT2D eigenvalue weighted by Crippen LogP contribution is 2.36. The highest BCUT2D eigenvalue weighted by Gasteiger charge is 2.23. The van der Waals surface area contributed by atoms with Crippen LogP contribution in [0.4, 0.5) is 10.3 Å². The summed E-state index contributed by atoms with van der Waals surface area (Å²) < 4.78 is 38.6. The van der Waals surface area contributed by atoms with E-state index in [0.717, 1.165) is 22.7 Å². The Balaban J connectivity index is 2.72. The minimum Gasteiger partial charge on any atom is -0.507 e. The molecule has 9 nitrogen and oxygen atoms in total. The number of hydrogen-bond donors (Lipinski definition) is 3. The molecule has 33 heavy (non-hydrogen) atoms. The molecule has 0 saturated carbocycles. The number of phenolic OH excluding ortho intramolecular Hbond substituents is 1. The summed E-state index contributed by atoms with van der Waals surface area (Å²) in [5.74, 6) is -1.44. The van der Waals surface area contributed by atoms with Crippen molar-refractivity contribution in [3.8, 4) is 17.0 Å². The van der Waals surface area contributed by atoms with E-state index >= 15 is 0 Å². The van der Waals surface area contributed by atoms with Crippen molar-refractivity contribution >= 4 is 28.3 Å². The molecule has 2 atom stereocenters. The fourth-order valence-corrected chi connectivity index (χ4v) is 3.43. The van der Waals surface area contributed by atoms with E-state index in [9.17, 15) is 32.9 Å². The number of carbonyl (C=O) groups is 1. The van der Waals surface area contributed by atoms with Gasteiger partial charge in [0.25, 0.3) is 0 Å². The highest BCUT2D eigenvalue weighted by atomic mass is 32.2. The number of anilines is 1. The van der Waals surface area contributed by atoms with Crippen molar-refractivity contribution in [2.75, 3.05) is 17.6 Å². The maximum absolute atomic E-state index is 13.6. The standard InChI is InChI=1S/C22H28FN3O6S/c1-13(2)20-18(8-6-15(28)12-16(29)9-10-27)21(17-7-5-14(23)11-19(17)30)25-22(24-20)26(3)33(4,31)32/h5-8,10-11,13,15-16,28-30H,9,12H2,1-4H3/b8-6+/t15-,16+/m1/s1. The number of rotatable bonds is 10. The Morgan fingerprint density at radius 3 is 2.42 bits per heavy atom. The van der Waals surface area contributed by atoms with Gasteiger partial charge < -0.3 is 20.1 Å². The summed E-state index contributed by atoms with van der Waals surface area (Å²) in [5, 5.41) is 30.4. The summed E-state index contributed by atoms with van der Waals surface area (Å²) in [6.07, 6.45) is 2.10. The molecule has 0 unspecified atom stereocenters. The minimum absolute atomic E-state index is 0.0842. The lowest BCUT2D eigenvalue weighted by molar-refractivity contribution is -0.109. The Bertz CT molecular complexity index is 1140. The Hall–Kier alpha value is -2.89. The third-order valence-corrected chi connectivity index (χ3v) is 6.03. The second-order valence-corrected chi connectivity index (χ2v) is 9.95. The molecule has 0 radical (unpaired) electrons. The van der Waals surface area contributed by atoms with Crippen LogP contribution >= 0.6 is 0 Å². The Labute approximate surface area is 192 Å². The van der Waals surface area contributed by atoms with Crippen molar-refractivity contribution in [1.82, 2.24) is 9.97 Å². The number of carbonyl (C=O) groups excluding carboxylic acids is 1. The van der Waals surface area contributed by atoms with Gasteiger partial charge in [-0.2, -0.15) is 0 Å². The Kier molecular flexibility index (Phi) is 8.64. The third kappa shape index (κ3) is 6.80. The number of aliphatic hydroxyl groups is 2. The molecule has 2 rings (SSSR count). The van der Waals surface area contributed by atoms with E-state index in [1.807, 2.05) is 13.8 Å². The van der Waals surface area contributed by atoms with Gasteiger partial charge in [0.2, 0.25) is 16.0 Å². The average Bonchev–Trinajstić information content (AvgIpc) is 2.70. The SMILES string of the molecule is CC(C)c1nc(N(C)S(C)(=O)=O)nc(-c2ccc(F)cc2O)c1/C=C/[C@@H](O)C[C@@H](O)CC=O. The molecule has 0 saturated heterocycles. The summed E-state index contributed by atoms with van der Waals surface area (Å²) in [4.78, 5) is 19.3. The monoisotopic (exact) mass is 481 g/mol. The lowest BCUT2D eigenvalue weighted by Gasteiger charge is -2.21. The molecule has 0 spiro atoms. The van der Waals surface area contributed by atoms with E-state index in [2.05, 4.69) is 9.97 Å². The molecule has 180 valence electrons. The normalized spacial score (nSPS) is 13.9. The molecule has 11 heteroatoms. The van der Waals surface area contributed by atoms with E-state index in [1.54, 1.807) is 0 Å². The maximum Gasteiger partial charge on any atom is 0.239 e. The van der Waals surface area contributed by atoms with Crippen LogP contribution in [0.5, 0.6) is 5.75 Å². The van der Waals surface area contributed by atoms with Crippen molar-refractivity contribution in [3.05, 3.63) is 41.3 Å². The Morgan fingerprint density at radius 1 is 1.21 bits per heavy atom. The molecule has 0 aliphatic rings. The molecule has 3 N–H and O–H groups in total. The molecule has 0 fully saturated rings. The van der Waals surface area contributed by atoms with Crippen LogP contribution in [0.1, 0.15) is 43.9 Å². The maximum atomic E-state index is 13.6. The van der Waals surface area contributed by atoms with E-state index in [0.29, 0.717) is 17.5 Å². The van der Waals surface area contributed by atoms with Crippen LogP contribution in [0.2, 0.25) is 0 Å². The van der Waals surface area contributed by atoms with Gasteiger partial charge in [0.15, 0.2) is 0 Å². The lowest BCUT2D eigenvalue weighted by atomic mass is 9.97. The minimum atomic E-state index is -3.70. The first-order valence-electron chi connectivity index (χ1n) is 10.2. The zero-order valence-corrected chi connectivity index (χ0v) is 19.6.